The van der Waals surface area contributed by atoms with Gasteiger partial charge in [-0.05, 0) is 136 Å². The van der Waals surface area contributed by atoms with Crippen LogP contribution >= 0.6 is 23.2 Å². The van der Waals surface area contributed by atoms with Gasteiger partial charge in [-0.3, -0.25) is 0 Å². The van der Waals surface area contributed by atoms with Gasteiger partial charge in [0.2, 0.25) is 0 Å². The second-order valence-electron chi connectivity index (χ2n) is 16.9. The molecule has 2 unspecified atom stereocenters. The summed E-state index contributed by atoms with van der Waals surface area (Å²) in [7, 11) is 0. The van der Waals surface area contributed by atoms with E-state index in [9.17, 15) is 0 Å². The Labute approximate surface area is 369 Å². The Hall–Kier alpha value is -5.08. The van der Waals surface area contributed by atoms with Crippen molar-refractivity contribution in [2.45, 2.75) is 103 Å². The van der Waals surface area contributed by atoms with E-state index in [0.717, 1.165) is 22.3 Å². The summed E-state index contributed by atoms with van der Waals surface area (Å²) in [6.07, 6.45) is -0.490. The summed E-state index contributed by atoms with van der Waals surface area (Å²) in [4.78, 5) is 0. The van der Waals surface area contributed by atoms with Crippen molar-refractivity contribution >= 4 is 23.2 Å². The lowest BCUT2D eigenvalue weighted by molar-refractivity contribution is -0.0753. The second kappa shape index (κ2) is 19.7. The number of hydrogen-bond acceptors (Lipinski definition) is 5. The molecule has 6 aromatic rings. The summed E-state index contributed by atoms with van der Waals surface area (Å²) in [5, 5.41) is 0.955. The predicted molar refractivity (Wildman–Crippen MR) is 242 cm³/mol. The summed E-state index contributed by atoms with van der Waals surface area (Å²) >= 11 is 13.8. The maximum absolute atomic E-state index is 15.4. The first-order valence-electron chi connectivity index (χ1n) is 20.6. The first-order chi connectivity index (χ1) is 29.0. The molecule has 0 bridgehead atoms. The van der Waals surface area contributed by atoms with Gasteiger partial charge in [-0.25, -0.2) is 8.78 Å². The molecule has 6 rings (SSSR count). The largest absolute Gasteiger partial charge is 0.489 e. The van der Waals surface area contributed by atoms with Gasteiger partial charge in [0.1, 0.15) is 23.0 Å². The van der Waals surface area contributed by atoms with Crippen molar-refractivity contribution in [1.29, 1.82) is 0 Å². The summed E-state index contributed by atoms with van der Waals surface area (Å²) in [6.45, 7) is 16.3. The average Bonchev–Trinajstić information content (AvgIpc) is 3.21. The molecule has 61 heavy (non-hydrogen) atoms. The zero-order valence-electron chi connectivity index (χ0n) is 36.0. The summed E-state index contributed by atoms with van der Waals surface area (Å²) in [5.41, 5.74) is 2.03. The third-order valence-electron chi connectivity index (χ3n) is 10.8. The van der Waals surface area contributed by atoms with Crippen molar-refractivity contribution in [2.75, 3.05) is 0 Å². The van der Waals surface area contributed by atoms with Crippen LogP contribution in [0.1, 0.15) is 77.6 Å². The molecule has 0 N–H and O–H groups in total. The summed E-state index contributed by atoms with van der Waals surface area (Å²) in [5.74, 6) is 1.44. The number of rotatable bonds is 18. The van der Waals surface area contributed by atoms with Crippen molar-refractivity contribution < 1.29 is 32.5 Å². The maximum atomic E-state index is 15.4. The van der Waals surface area contributed by atoms with Crippen LogP contribution in [0.5, 0.6) is 34.5 Å². The Kier molecular flexibility index (Phi) is 14.7. The van der Waals surface area contributed by atoms with Gasteiger partial charge in [0, 0.05) is 10.8 Å². The first-order valence-corrected chi connectivity index (χ1v) is 21.4. The smallest absolute Gasteiger partial charge is 0.165 e. The Morgan fingerprint density at radius 2 is 0.852 bits per heavy atom. The first kappa shape index (κ1) is 45.4. The van der Waals surface area contributed by atoms with Crippen molar-refractivity contribution in [1.82, 2.24) is 0 Å². The molecule has 0 saturated heterocycles. The van der Waals surface area contributed by atoms with Crippen LogP contribution in [0.4, 0.5) is 8.78 Å². The van der Waals surface area contributed by atoms with Crippen LogP contribution in [-0.4, -0.2) is 24.4 Å². The lowest BCUT2D eigenvalue weighted by Gasteiger charge is -2.43. The van der Waals surface area contributed by atoms with E-state index < -0.39 is 34.7 Å². The maximum Gasteiger partial charge on any atom is 0.165 e. The van der Waals surface area contributed by atoms with Crippen LogP contribution in [0, 0.1) is 11.6 Å². The molecule has 0 aliphatic rings. The van der Waals surface area contributed by atoms with Gasteiger partial charge < -0.3 is 23.7 Å². The van der Waals surface area contributed by atoms with E-state index in [1.165, 1.54) is 12.1 Å². The molecule has 0 spiro atoms. The molecule has 0 heterocycles. The standard InChI is InChI=1S/C52H54Cl2F2O5/c1-33(2)57-45-25-21-37(31-41(45)53)51(5,6)49(29-35-19-23-43(55)47(27-35)59-39-15-11-9-12-16-39)61-50(52(7,8)38-22-26-46(42(54)32-38)58-34(3)4)30-36-20-24-44(56)48(28-36)60-40-17-13-10-14-18-40/h9-28,31-34,49-50H,29-30H2,1-8H3. The van der Waals surface area contributed by atoms with E-state index in [2.05, 4.69) is 27.7 Å². The van der Waals surface area contributed by atoms with Crippen LogP contribution in [-0.2, 0) is 28.4 Å². The Balaban J connectivity index is 1.45. The highest BCUT2D eigenvalue weighted by Crippen LogP contribution is 2.42. The molecule has 5 nitrogen and oxygen atoms in total. The fourth-order valence-electron chi connectivity index (χ4n) is 7.18. The predicted octanol–water partition coefficient (Wildman–Crippen LogP) is 14.9. The Morgan fingerprint density at radius 1 is 0.475 bits per heavy atom. The molecule has 9 heteroatoms. The normalized spacial score (nSPS) is 13.0. The van der Waals surface area contributed by atoms with E-state index in [1.54, 1.807) is 48.5 Å². The fourth-order valence-corrected chi connectivity index (χ4v) is 7.63. The van der Waals surface area contributed by atoms with E-state index >= 15 is 8.78 Å². The van der Waals surface area contributed by atoms with Crippen LogP contribution < -0.4 is 18.9 Å². The lowest BCUT2D eigenvalue weighted by Crippen LogP contribution is -2.46. The zero-order chi connectivity index (χ0) is 43.9. The van der Waals surface area contributed by atoms with Gasteiger partial charge in [-0.2, -0.15) is 0 Å². The van der Waals surface area contributed by atoms with Crippen LogP contribution in [0.15, 0.2) is 133 Å². The van der Waals surface area contributed by atoms with Gasteiger partial charge in [0.15, 0.2) is 23.1 Å². The molecule has 2 atom stereocenters. The quantitative estimate of drug-likeness (QED) is 0.0861. The van der Waals surface area contributed by atoms with Crippen LogP contribution in [0.25, 0.3) is 0 Å². The molecular formula is C52H54Cl2F2O5. The summed E-state index contributed by atoms with van der Waals surface area (Å²) in [6, 6.07) is 39.7. The number of ether oxygens (including phenoxy) is 5. The number of benzene rings is 6. The number of halogens is 4. The Bertz CT molecular complexity index is 2220. The minimum absolute atomic E-state index is 0.0641. The van der Waals surface area contributed by atoms with E-state index in [-0.39, 0.29) is 23.7 Å². The molecule has 0 fully saturated rings. The molecule has 0 aliphatic heterocycles. The molecule has 0 aromatic heterocycles. The molecule has 0 amide bonds. The second-order valence-corrected chi connectivity index (χ2v) is 17.8. The highest BCUT2D eigenvalue weighted by molar-refractivity contribution is 6.32. The Morgan fingerprint density at radius 3 is 1.20 bits per heavy atom. The molecule has 0 saturated carbocycles. The van der Waals surface area contributed by atoms with Gasteiger partial charge in [0.25, 0.3) is 0 Å². The molecule has 320 valence electrons. The summed E-state index contributed by atoms with van der Waals surface area (Å²) < 4.78 is 62.3. The van der Waals surface area contributed by atoms with E-state index in [4.69, 9.17) is 46.9 Å². The van der Waals surface area contributed by atoms with E-state index in [1.807, 2.05) is 100 Å². The number of hydrogen-bond donors (Lipinski definition) is 0. The third-order valence-corrected chi connectivity index (χ3v) is 11.4. The SMILES string of the molecule is CC(C)Oc1ccc(C(C)(C)C(Cc2ccc(F)c(Oc3ccccc3)c2)OC(Cc2ccc(F)c(Oc3ccccc3)c2)C(C)(C)c2ccc(OC(C)C)c(Cl)c2)cc1Cl. The highest BCUT2D eigenvalue weighted by atomic mass is 35.5. The number of para-hydroxylation sites is 2. The molecule has 6 aromatic carbocycles. The van der Waals surface area contributed by atoms with Crippen LogP contribution in [0.2, 0.25) is 10.0 Å². The monoisotopic (exact) mass is 866 g/mol. The highest BCUT2D eigenvalue weighted by Gasteiger charge is 2.40. The van der Waals surface area contributed by atoms with Gasteiger partial charge in [-0.1, -0.05) is 112 Å². The van der Waals surface area contributed by atoms with Crippen molar-refractivity contribution in [3.8, 4) is 34.5 Å². The van der Waals surface area contributed by atoms with Crippen molar-refractivity contribution in [3.63, 3.8) is 0 Å². The van der Waals surface area contributed by atoms with Gasteiger partial charge in [0.05, 0.1) is 34.5 Å². The third kappa shape index (κ3) is 11.6. The lowest BCUT2D eigenvalue weighted by atomic mass is 9.74. The van der Waals surface area contributed by atoms with Crippen molar-refractivity contribution in [2.24, 2.45) is 0 Å². The zero-order valence-corrected chi connectivity index (χ0v) is 37.5. The fraction of sp³-hybridized carbons (Fsp3) is 0.308. The average molecular weight is 868 g/mol. The van der Waals surface area contributed by atoms with Crippen molar-refractivity contribution in [3.05, 3.63) is 177 Å². The minimum atomic E-state index is -0.694. The van der Waals surface area contributed by atoms with Gasteiger partial charge >= 0.3 is 0 Å². The molecule has 0 radical (unpaired) electrons. The minimum Gasteiger partial charge on any atom is -0.489 e. The van der Waals surface area contributed by atoms with E-state index in [0.29, 0.717) is 45.9 Å². The molecule has 0 aliphatic carbocycles. The topological polar surface area (TPSA) is 46.2 Å². The van der Waals surface area contributed by atoms with Crippen LogP contribution in [0.3, 0.4) is 0 Å². The van der Waals surface area contributed by atoms with Gasteiger partial charge in [-0.15, -0.1) is 0 Å². The molecular weight excluding hydrogens is 813 g/mol.